The second-order valence-electron chi connectivity index (χ2n) is 7.27. The van der Waals surface area contributed by atoms with Crippen LogP contribution in [0.25, 0.3) is 22.4 Å². The molecule has 156 valence electrons. The van der Waals surface area contributed by atoms with Gasteiger partial charge in [0.15, 0.2) is 0 Å². The number of hydrogen-bond donors (Lipinski definition) is 1. The van der Waals surface area contributed by atoms with Gasteiger partial charge in [-0.25, -0.2) is 9.97 Å². The largest absolute Gasteiger partial charge is 0.494 e. The van der Waals surface area contributed by atoms with Crippen molar-refractivity contribution in [3.8, 4) is 34.2 Å². The third-order valence-electron chi connectivity index (χ3n) is 5.07. The van der Waals surface area contributed by atoms with E-state index in [1.54, 1.807) is 23.4 Å². The lowest BCUT2D eigenvalue weighted by Gasteiger charge is -2.15. The molecule has 0 amide bonds. The van der Waals surface area contributed by atoms with Gasteiger partial charge < -0.3 is 15.0 Å². The van der Waals surface area contributed by atoms with Crippen LogP contribution in [0.5, 0.6) is 5.75 Å². The van der Waals surface area contributed by atoms with E-state index in [1.807, 2.05) is 55.2 Å². The maximum absolute atomic E-state index is 9.76. The van der Waals surface area contributed by atoms with Crippen molar-refractivity contribution in [3.63, 3.8) is 0 Å². The van der Waals surface area contributed by atoms with Crippen molar-refractivity contribution in [1.29, 1.82) is 5.26 Å². The molecular formula is C23H23N7O. The summed E-state index contributed by atoms with van der Waals surface area (Å²) in [6.07, 6.45) is 9.96. The monoisotopic (exact) mass is 413 g/mol. The van der Waals surface area contributed by atoms with Gasteiger partial charge >= 0.3 is 0 Å². The zero-order chi connectivity index (χ0) is 21.8. The molecule has 3 aromatic heterocycles. The zero-order valence-corrected chi connectivity index (χ0v) is 17.5. The van der Waals surface area contributed by atoms with Crippen LogP contribution in [0, 0.1) is 18.3 Å². The summed E-state index contributed by atoms with van der Waals surface area (Å²) in [6.45, 7) is 3.36. The Morgan fingerprint density at radius 2 is 2.13 bits per heavy atom. The van der Waals surface area contributed by atoms with Gasteiger partial charge in [0.1, 0.15) is 23.2 Å². The molecule has 0 saturated heterocycles. The van der Waals surface area contributed by atoms with Crippen LogP contribution in [0.15, 0.2) is 55.4 Å². The fourth-order valence-corrected chi connectivity index (χ4v) is 3.59. The minimum atomic E-state index is 0.202. The number of ether oxygens (including phenoxy) is 1. The zero-order valence-electron chi connectivity index (χ0n) is 17.5. The van der Waals surface area contributed by atoms with Crippen LogP contribution in [-0.4, -0.2) is 30.9 Å². The molecule has 0 bridgehead atoms. The number of aromatic nitrogens is 5. The highest BCUT2D eigenvalue weighted by Gasteiger charge is 2.19. The lowest BCUT2D eigenvalue weighted by Crippen LogP contribution is -2.04. The Morgan fingerprint density at radius 3 is 2.84 bits per heavy atom. The standard InChI is InChI=1S/C23H23N7O/c1-16-21(20(12-24)23(25)28-22(16)18-13-27-29(2)14-18)17-5-3-6-19(11-17)31-10-4-8-30-9-7-26-15-30/h3,5-7,9,11,13-15H,4,8,10H2,1-2H3,(H2,25,28). The number of benzene rings is 1. The molecule has 8 nitrogen and oxygen atoms in total. The van der Waals surface area contributed by atoms with Crippen molar-refractivity contribution < 1.29 is 4.74 Å². The smallest absolute Gasteiger partial charge is 0.142 e. The maximum Gasteiger partial charge on any atom is 0.142 e. The fourth-order valence-electron chi connectivity index (χ4n) is 3.59. The minimum Gasteiger partial charge on any atom is -0.494 e. The number of nitriles is 1. The van der Waals surface area contributed by atoms with Crippen LogP contribution in [0.4, 0.5) is 5.82 Å². The van der Waals surface area contributed by atoms with Gasteiger partial charge in [0, 0.05) is 43.3 Å². The van der Waals surface area contributed by atoms with Gasteiger partial charge in [-0.15, -0.1) is 0 Å². The molecule has 8 heteroatoms. The summed E-state index contributed by atoms with van der Waals surface area (Å²) in [7, 11) is 1.85. The number of pyridine rings is 1. The first kappa shape index (κ1) is 20.2. The van der Waals surface area contributed by atoms with Gasteiger partial charge in [0.05, 0.1) is 24.8 Å². The van der Waals surface area contributed by atoms with Crippen LogP contribution in [-0.2, 0) is 13.6 Å². The van der Waals surface area contributed by atoms with Crippen LogP contribution < -0.4 is 10.5 Å². The first-order valence-electron chi connectivity index (χ1n) is 9.95. The summed E-state index contributed by atoms with van der Waals surface area (Å²) in [5, 5.41) is 14.0. The molecule has 0 atom stereocenters. The van der Waals surface area contributed by atoms with Gasteiger partial charge in [0.25, 0.3) is 0 Å². The maximum atomic E-state index is 9.76. The molecule has 31 heavy (non-hydrogen) atoms. The van der Waals surface area contributed by atoms with Crippen molar-refractivity contribution in [2.24, 2.45) is 7.05 Å². The molecule has 4 rings (SSSR count). The third-order valence-corrected chi connectivity index (χ3v) is 5.07. The topological polar surface area (TPSA) is 108 Å². The molecule has 2 N–H and O–H groups in total. The van der Waals surface area contributed by atoms with Gasteiger partial charge in [0.2, 0.25) is 0 Å². The summed E-state index contributed by atoms with van der Waals surface area (Å²) in [5.74, 6) is 0.943. The molecular weight excluding hydrogens is 390 g/mol. The molecule has 0 aliphatic rings. The first-order chi connectivity index (χ1) is 15.1. The predicted molar refractivity (Wildman–Crippen MR) is 118 cm³/mol. The van der Waals surface area contributed by atoms with E-state index in [0.717, 1.165) is 41.0 Å². The Hall–Kier alpha value is -4.12. The molecule has 0 radical (unpaired) electrons. The lowest BCUT2D eigenvalue weighted by molar-refractivity contribution is 0.302. The van der Waals surface area contributed by atoms with Crippen LogP contribution in [0.3, 0.4) is 0 Å². The first-order valence-corrected chi connectivity index (χ1v) is 9.95. The number of nitrogen functional groups attached to an aromatic ring is 1. The van der Waals surface area contributed by atoms with E-state index in [4.69, 9.17) is 10.5 Å². The summed E-state index contributed by atoms with van der Waals surface area (Å²) in [4.78, 5) is 8.53. The van der Waals surface area contributed by atoms with Crippen LogP contribution >= 0.6 is 0 Å². The molecule has 3 heterocycles. The number of anilines is 1. The molecule has 0 saturated carbocycles. The highest BCUT2D eigenvalue weighted by Crippen LogP contribution is 2.36. The van der Waals surface area contributed by atoms with Gasteiger partial charge in [-0.3, -0.25) is 4.68 Å². The predicted octanol–water partition coefficient (Wildman–Crippen LogP) is 3.58. The van der Waals surface area contributed by atoms with Gasteiger partial charge in [-0.05, 0) is 36.6 Å². The van der Waals surface area contributed by atoms with Crippen molar-refractivity contribution in [2.75, 3.05) is 12.3 Å². The van der Waals surface area contributed by atoms with E-state index in [1.165, 1.54) is 0 Å². The molecule has 0 spiro atoms. The number of hydrogen-bond acceptors (Lipinski definition) is 6. The van der Waals surface area contributed by atoms with Crippen molar-refractivity contribution in [3.05, 3.63) is 66.5 Å². The molecule has 0 aliphatic heterocycles. The van der Waals surface area contributed by atoms with E-state index in [0.29, 0.717) is 17.9 Å². The summed E-state index contributed by atoms with van der Waals surface area (Å²) in [6, 6.07) is 9.94. The van der Waals surface area contributed by atoms with E-state index in [9.17, 15) is 5.26 Å². The molecule has 0 fully saturated rings. The van der Waals surface area contributed by atoms with Crippen LogP contribution in [0.2, 0.25) is 0 Å². The number of imidazole rings is 1. The highest BCUT2D eigenvalue weighted by atomic mass is 16.5. The quantitative estimate of drug-likeness (QED) is 0.464. The molecule has 0 aliphatic carbocycles. The fraction of sp³-hybridized carbons (Fsp3) is 0.217. The third kappa shape index (κ3) is 4.26. The van der Waals surface area contributed by atoms with Gasteiger partial charge in [-0.2, -0.15) is 10.4 Å². The molecule has 0 unspecified atom stereocenters. The van der Waals surface area contributed by atoms with Crippen molar-refractivity contribution in [2.45, 2.75) is 19.9 Å². The highest BCUT2D eigenvalue weighted by molar-refractivity contribution is 5.84. The van der Waals surface area contributed by atoms with E-state index < -0.39 is 0 Å². The number of nitrogens with zero attached hydrogens (tertiary/aromatic N) is 6. The van der Waals surface area contributed by atoms with E-state index >= 15 is 0 Å². The van der Waals surface area contributed by atoms with Gasteiger partial charge in [-0.1, -0.05) is 12.1 Å². The molecule has 4 aromatic rings. The molecule has 1 aromatic carbocycles. The Kier molecular flexibility index (Phi) is 5.67. The summed E-state index contributed by atoms with van der Waals surface area (Å²) in [5.41, 5.74) is 10.6. The second kappa shape index (κ2) is 8.71. The Balaban J connectivity index is 1.63. The minimum absolute atomic E-state index is 0.202. The number of aryl methyl sites for hydroxylation is 2. The Bertz CT molecular complexity index is 1240. The second-order valence-corrected chi connectivity index (χ2v) is 7.27. The lowest BCUT2D eigenvalue weighted by atomic mass is 9.93. The SMILES string of the molecule is Cc1c(-c2cnn(C)c2)nc(N)c(C#N)c1-c1cccc(OCCCn2ccnc2)c1. The Morgan fingerprint density at radius 1 is 1.26 bits per heavy atom. The number of rotatable bonds is 7. The number of nitrogens with two attached hydrogens (primary N) is 1. The van der Waals surface area contributed by atoms with Crippen LogP contribution in [0.1, 0.15) is 17.5 Å². The average Bonchev–Trinajstić information content (AvgIpc) is 3.44. The summed E-state index contributed by atoms with van der Waals surface area (Å²) < 4.78 is 9.68. The average molecular weight is 413 g/mol. The normalized spacial score (nSPS) is 10.7. The van der Waals surface area contributed by atoms with E-state index in [2.05, 4.69) is 21.1 Å². The Labute approximate surface area is 180 Å². The van der Waals surface area contributed by atoms with Crippen molar-refractivity contribution >= 4 is 5.82 Å². The summed E-state index contributed by atoms with van der Waals surface area (Å²) >= 11 is 0. The van der Waals surface area contributed by atoms with Crippen molar-refractivity contribution in [1.82, 2.24) is 24.3 Å². The van der Waals surface area contributed by atoms with E-state index in [-0.39, 0.29) is 5.82 Å².